The number of hydrogen-bond acceptors (Lipinski definition) is 7. The van der Waals surface area contributed by atoms with E-state index >= 15 is 0 Å². The molecule has 4 aromatic rings. The molecule has 0 aliphatic carbocycles. The van der Waals surface area contributed by atoms with Crippen molar-refractivity contribution in [3.05, 3.63) is 82.3 Å². The summed E-state index contributed by atoms with van der Waals surface area (Å²) in [6.45, 7) is 3.94. The topological polar surface area (TPSA) is 93.8 Å². The van der Waals surface area contributed by atoms with Gasteiger partial charge in [0.2, 0.25) is 5.82 Å². The van der Waals surface area contributed by atoms with Crippen molar-refractivity contribution in [2.24, 2.45) is 0 Å². The minimum Gasteiger partial charge on any atom is -0.334 e. The fourth-order valence-corrected chi connectivity index (χ4v) is 4.03. The molecule has 0 aliphatic rings. The standard InChI is InChI=1S/C21H17N5O2S/c1-13-8-9-16(14(2)11-13)25-20-19(26(27)28)21(24-12-23-20)29-17-7-3-5-15-6-4-10-22-18(15)17/h3-12H,1-2H3,(H,23,24,25). The van der Waals surface area contributed by atoms with Gasteiger partial charge in [-0.2, -0.15) is 0 Å². The molecule has 144 valence electrons. The summed E-state index contributed by atoms with van der Waals surface area (Å²) in [6, 6.07) is 15.4. The Labute approximate surface area is 171 Å². The molecule has 2 aromatic carbocycles. The lowest BCUT2D eigenvalue weighted by molar-refractivity contribution is -0.387. The predicted octanol–water partition coefficient (Wildman–Crippen LogP) is 5.44. The molecule has 0 amide bonds. The maximum atomic E-state index is 11.9. The Morgan fingerprint density at radius 2 is 1.86 bits per heavy atom. The second-order valence-electron chi connectivity index (χ2n) is 6.51. The summed E-state index contributed by atoms with van der Waals surface area (Å²) in [7, 11) is 0. The summed E-state index contributed by atoms with van der Waals surface area (Å²) in [5.41, 5.74) is 3.47. The molecule has 29 heavy (non-hydrogen) atoms. The van der Waals surface area contributed by atoms with Crippen molar-refractivity contribution >= 4 is 39.9 Å². The molecule has 8 heteroatoms. The van der Waals surface area contributed by atoms with Crippen molar-refractivity contribution in [1.82, 2.24) is 15.0 Å². The molecule has 1 N–H and O–H groups in total. The molecule has 0 atom stereocenters. The fourth-order valence-electron chi connectivity index (χ4n) is 3.04. The highest BCUT2D eigenvalue weighted by atomic mass is 32.2. The highest BCUT2D eigenvalue weighted by molar-refractivity contribution is 7.99. The zero-order chi connectivity index (χ0) is 20.4. The van der Waals surface area contributed by atoms with E-state index in [9.17, 15) is 10.1 Å². The number of nitrogens with zero attached hydrogens (tertiary/aromatic N) is 4. The summed E-state index contributed by atoms with van der Waals surface area (Å²) in [5.74, 6) is 0.160. The van der Waals surface area contributed by atoms with E-state index in [1.54, 1.807) is 6.20 Å². The van der Waals surface area contributed by atoms with Crippen LogP contribution in [0.15, 0.2) is 71.0 Å². The van der Waals surface area contributed by atoms with E-state index in [1.807, 2.05) is 62.4 Å². The number of pyridine rings is 1. The molecule has 0 saturated heterocycles. The van der Waals surface area contributed by atoms with Crippen molar-refractivity contribution in [1.29, 1.82) is 0 Å². The number of aryl methyl sites for hydroxylation is 2. The summed E-state index contributed by atoms with van der Waals surface area (Å²) in [5, 5.41) is 16.2. The Kier molecular flexibility index (Phi) is 5.09. The third-order valence-corrected chi connectivity index (χ3v) is 5.45. The molecule has 0 aliphatic heterocycles. The first-order valence-corrected chi connectivity index (χ1v) is 9.70. The molecule has 0 spiro atoms. The van der Waals surface area contributed by atoms with Gasteiger partial charge in [-0.25, -0.2) is 9.97 Å². The lowest BCUT2D eigenvalue weighted by atomic mass is 10.1. The Hall–Kier alpha value is -3.52. The summed E-state index contributed by atoms with van der Waals surface area (Å²) >= 11 is 1.21. The normalized spacial score (nSPS) is 10.8. The number of rotatable bonds is 5. The van der Waals surface area contributed by atoms with Gasteiger partial charge in [0.1, 0.15) is 6.33 Å². The maximum absolute atomic E-state index is 11.9. The molecule has 0 saturated carbocycles. The number of nitrogens with one attached hydrogen (secondary N) is 1. The average Bonchev–Trinajstić information content (AvgIpc) is 2.70. The van der Waals surface area contributed by atoms with E-state index in [1.165, 1.54) is 18.1 Å². The monoisotopic (exact) mass is 403 g/mol. The number of aromatic nitrogens is 3. The molecule has 0 radical (unpaired) electrons. The van der Waals surface area contributed by atoms with Crippen LogP contribution in [0.4, 0.5) is 17.2 Å². The van der Waals surface area contributed by atoms with Gasteiger partial charge < -0.3 is 5.32 Å². The molecule has 0 unspecified atom stereocenters. The van der Waals surface area contributed by atoms with Crippen LogP contribution in [0.3, 0.4) is 0 Å². The number of fused-ring (bicyclic) bond motifs is 1. The first-order chi connectivity index (χ1) is 14.0. The van der Waals surface area contributed by atoms with Crippen LogP contribution in [-0.4, -0.2) is 19.9 Å². The van der Waals surface area contributed by atoms with Gasteiger partial charge in [-0.05, 0) is 37.6 Å². The van der Waals surface area contributed by atoms with Crippen molar-refractivity contribution in [2.75, 3.05) is 5.32 Å². The first-order valence-electron chi connectivity index (χ1n) is 8.88. The summed E-state index contributed by atoms with van der Waals surface area (Å²) in [6.07, 6.45) is 3.04. The van der Waals surface area contributed by atoms with E-state index < -0.39 is 4.92 Å². The first kappa shape index (κ1) is 18.8. The second-order valence-corrected chi connectivity index (χ2v) is 7.54. The van der Waals surface area contributed by atoms with Crippen molar-refractivity contribution in [2.45, 2.75) is 23.8 Å². The zero-order valence-electron chi connectivity index (χ0n) is 15.8. The van der Waals surface area contributed by atoms with E-state index in [4.69, 9.17) is 0 Å². The largest absolute Gasteiger partial charge is 0.343 e. The highest BCUT2D eigenvalue weighted by Gasteiger charge is 2.25. The SMILES string of the molecule is Cc1ccc(Nc2ncnc(Sc3cccc4cccnc34)c2[N+](=O)[O-])c(C)c1. The number of nitro groups is 1. The molecule has 2 heterocycles. The van der Waals surface area contributed by atoms with Crippen LogP contribution in [0.1, 0.15) is 11.1 Å². The van der Waals surface area contributed by atoms with Gasteiger partial charge in [-0.3, -0.25) is 15.1 Å². The summed E-state index contributed by atoms with van der Waals surface area (Å²) in [4.78, 5) is 25.0. The number of benzene rings is 2. The molecule has 0 fully saturated rings. The third-order valence-electron chi connectivity index (χ3n) is 4.41. The van der Waals surface area contributed by atoms with Gasteiger partial charge in [0, 0.05) is 22.2 Å². The number of para-hydroxylation sites is 1. The Balaban J connectivity index is 1.76. The van der Waals surface area contributed by atoms with E-state index in [0.717, 1.165) is 32.6 Å². The van der Waals surface area contributed by atoms with Gasteiger partial charge >= 0.3 is 5.69 Å². The van der Waals surface area contributed by atoms with E-state index in [2.05, 4.69) is 20.3 Å². The highest BCUT2D eigenvalue weighted by Crippen LogP contribution is 2.39. The van der Waals surface area contributed by atoms with Crippen molar-refractivity contribution < 1.29 is 4.92 Å². The van der Waals surface area contributed by atoms with Gasteiger partial charge in [0.15, 0.2) is 5.03 Å². The Morgan fingerprint density at radius 1 is 1.03 bits per heavy atom. The number of hydrogen-bond donors (Lipinski definition) is 1. The second kappa shape index (κ2) is 7.84. The fraction of sp³-hybridized carbons (Fsp3) is 0.0952. The minimum absolute atomic E-state index is 0.160. The Bertz CT molecular complexity index is 1220. The van der Waals surface area contributed by atoms with Crippen LogP contribution >= 0.6 is 11.8 Å². The van der Waals surface area contributed by atoms with Crippen molar-refractivity contribution in [3.8, 4) is 0 Å². The van der Waals surface area contributed by atoms with Crippen molar-refractivity contribution in [3.63, 3.8) is 0 Å². The van der Waals surface area contributed by atoms with Crippen LogP contribution in [0.25, 0.3) is 10.9 Å². The van der Waals surface area contributed by atoms with Crippen LogP contribution in [0, 0.1) is 24.0 Å². The predicted molar refractivity (Wildman–Crippen MR) is 114 cm³/mol. The lowest BCUT2D eigenvalue weighted by Crippen LogP contribution is -2.04. The molecule has 0 bridgehead atoms. The summed E-state index contributed by atoms with van der Waals surface area (Å²) < 4.78 is 0. The van der Waals surface area contributed by atoms with Crippen LogP contribution in [-0.2, 0) is 0 Å². The average molecular weight is 403 g/mol. The molecule has 2 aromatic heterocycles. The smallest absolute Gasteiger partial charge is 0.334 e. The van der Waals surface area contributed by atoms with E-state index in [0.29, 0.717) is 0 Å². The van der Waals surface area contributed by atoms with Crippen LogP contribution < -0.4 is 5.32 Å². The molecule has 4 rings (SSSR count). The minimum atomic E-state index is -0.452. The third kappa shape index (κ3) is 3.88. The van der Waals surface area contributed by atoms with Gasteiger partial charge in [-0.1, -0.05) is 47.7 Å². The van der Waals surface area contributed by atoms with Crippen LogP contribution in [0.2, 0.25) is 0 Å². The maximum Gasteiger partial charge on any atom is 0.343 e. The zero-order valence-corrected chi connectivity index (χ0v) is 16.6. The number of anilines is 2. The quantitative estimate of drug-likeness (QED) is 0.269. The van der Waals surface area contributed by atoms with E-state index in [-0.39, 0.29) is 16.5 Å². The van der Waals surface area contributed by atoms with Gasteiger partial charge in [0.25, 0.3) is 0 Å². The van der Waals surface area contributed by atoms with Gasteiger partial charge in [0.05, 0.1) is 10.4 Å². The Morgan fingerprint density at radius 3 is 2.66 bits per heavy atom. The lowest BCUT2D eigenvalue weighted by Gasteiger charge is -2.11. The van der Waals surface area contributed by atoms with Gasteiger partial charge in [-0.15, -0.1) is 0 Å². The van der Waals surface area contributed by atoms with Crippen LogP contribution in [0.5, 0.6) is 0 Å². The molecule has 7 nitrogen and oxygen atoms in total. The molecular weight excluding hydrogens is 386 g/mol. The molecular formula is C21H17N5O2S.